The maximum atomic E-state index is 13.1. The van der Waals surface area contributed by atoms with Gasteiger partial charge in [-0.05, 0) is 39.7 Å². The number of carbonyl (C=O) groups excluding carboxylic acids is 1. The van der Waals surface area contributed by atoms with Crippen molar-refractivity contribution in [3.8, 4) is 0 Å². The molecule has 0 bridgehead atoms. The average Bonchev–Trinajstić information content (AvgIpc) is 2.76. The van der Waals surface area contributed by atoms with Crippen LogP contribution in [-0.4, -0.2) is 43.5 Å². The number of amides is 1. The number of sulfonamides is 1. The van der Waals surface area contributed by atoms with Crippen LogP contribution in [0.25, 0.3) is 0 Å². The van der Waals surface area contributed by atoms with Gasteiger partial charge in [-0.3, -0.25) is 0 Å². The number of piperidine rings is 1. The highest BCUT2D eigenvalue weighted by Crippen LogP contribution is 2.29. The van der Waals surface area contributed by atoms with Crippen LogP contribution in [0.15, 0.2) is 35.3 Å². The molecule has 0 radical (unpaired) electrons. The van der Waals surface area contributed by atoms with Crippen molar-refractivity contribution in [2.75, 3.05) is 13.1 Å². The zero-order valence-corrected chi connectivity index (χ0v) is 19.1. The van der Waals surface area contributed by atoms with Crippen molar-refractivity contribution in [1.82, 2.24) is 9.62 Å². The second-order valence-corrected chi connectivity index (χ2v) is 10.4. The van der Waals surface area contributed by atoms with E-state index >= 15 is 0 Å². The Morgan fingerprint density at radius 2 is 1.89 bits per heavy atom. The van der Waals surface area contributed by atoms with E-state index in [0.29, 0.717) is 17.9 Å². The second kappa shape index (κ2) is 9.74. The first-order valence-electron chi connectivity index (χ1n) is 9.97. The van der Waals surface area contributed by atoms with Crippen molar-refractivity contribution >= 4 is 16.1 Å². The summed E-state index contributed by atoms with van der Waals surface area (Å²) in [4.78, 5) is 12.3. The minimum atomic E-state index is -3.61. The number of allylic oxidation sites excluding steroid dienone is 5. The van der Waals surface area contributed by atoms with E-state index in [1.54, 1.807) is 39.0 Å². The number of carbonyl (C=O) groups is 1. The zero-order valence-electron chi connectivity index (χ0n) is 18.3. The van der Waals surface area contributed by atoms with Crippen molar-refractivity contribution in [1.29, 1.82) is 0 Å². The van der Waals surface area contributed by atoms with Crippen molar-refractivity contribution in [3.63, 3.8) is 0 Å². The third-order valence-electron chi connectivity index (χ3n) is 4.15. The largest absolute Gasteiger partial charge is 0.444 e. The van der Waals surface area contributed by atoms with Gasteiger partial charge >= 0.3 is 6.09 Å². The van der Waals surface area contributed by atoms with Crippen LogP contribution in [0.4, 0.5) is 4.79 Å². The third kappa shape index (κ3) is 7.43. The number of nitrogens with one attached hydrogen (secondary N) is 1. The van der Waals surface area contributed by atoms with E-state index in [2.05, 4.69) is 5.32 Å². The minimum Gasteiger partial charge on any atom is -0.444 e. The third-order valence-corrected chi connectivity index (χ3v) is 6.02. The fourth-order valence-electron chi connectivity index (χ4n) is 2.98. The predicted molar refractivity (Wildman–Crippen MR) is 114 cm³/mol. The monoisotopic (exact) mass is 412 g/mol. The fraction of sp³-hybridized carbons (Fsp3) is 0.667. The molecule has 1 unspecified atom stereocenters. The van der Waals surface area contributed by atoms with E-state index in [9.17, 15) is 13.2 Å². The van der Waals surface area contributed by atoms with Crippen molar-refractivity contribution in [3.05, 3.63) is 35.3 Å². The van der Waals surface area contributed by atoms with Gasteiger partial charge in [0.1, 0.15) is 5.60 Å². The lowest BCUT2D eigenvalue weighted by Crippen LogP contribution is -2.50. The highest BCUT2D eigenvalue weighted by molar-refractivity contribution is 7.93. The van der Waals surface area contributed by atoms with Crippen LogP contribution in [0.3, 0.4) is 0 Å². The first kappa shape index (κ1) is 24.4. The lowest BCUT2D eigenvalue weighted by molar-refractivity contribution is 0.0487. The Morgan fingerprint density at radius 3 is 2.50 bits per heavy atom. The number of ether oxygens (including phenoxy) is 1. The maximum absolute atomic E-state index is 13.1. The Bertz CT molecular complexity index is 728. The van der Waals surface area contributed by atoms with Gasteiger partial charge in [-0.15, -0.1) is 0 Å². The Hall–Kier alpha value is -1.60. The van der Waals surface area contributed by atoms with Crippen molar-refractivity contribution in [2.45, 2.75) is 73.0 Å². The summed E-state index contributed by atoms with van der Waals surface area (Å²) in [6.07, 6.45) is 9.89. The van der Waals surface area contributed by atoms with Crippen molar-refractivity contribution < 1.29 is 17.9 Å². The van der Waals surface area contributed by atoms with Crippen LogP contribution in [-0.2, 0) is 14.8 Å². The summed E-state index contributed by atoms with van der Waals surface area (Å²) in [7, 11) is -3.61. The molecule has 1 N–H and O–H groups in total. The molecule has 0 saturated carbocycles. The summed E-state index contributed by atoms with van der Waals surface area (Å²) >= 11 is 0. The lowest BCUT2D eigenvalue weighted by Gasteiger charge is -2.33. The van der Waals surface area contributed by atoms with E-state index < -0.39 is 21.7 Å². The summed E-state index contributed by atoms with van der Waals surface area (Å²) < 4.78 is 32.9. The number of rotatable bonds is 3. The molecule has 28 heavy (non-hydrogen) atoms. The summed E-state index contributed by atoms with van der Waals surface area (Å²) in [6.45, 7) is 14.0. The van der Waals surface area contributed by atoms with Crippen LogP contribution in [0.5, 0.6) is 0 Å². The predicted octanol–water partition coefficient (Wildman–Crippen LogP) is 4.37. The minimum absolute atomic E-state index is 0.251. The van der Waals surface area contributed by atoms with Gasteiger partial charge in [0.25, 0.3) is 0 Å². The summed E-state index contributed by atoms with van der Waals surface area (Å²) in [6, 6.07) is -0.255. The number of nitrogens with zero attached hydrogens (tertiary/aromatic N) is 1. The molecule has 1 fully saturated rings. The van der Waals surface area contributed by atoms with Gasteiger partial charge in [-0.25, -0.2) is 13.2 Å². The molecule has 1 aliphatic heterocycles. The first-order chi connectivity index (χ1) is 12.9. The Balaban J connectivity index is 0.00000190. The number of alkyl carbamates (subject to hydrolysis) is 1. The topological polar surface area (TPSA) is 75.7 Å². The summed E-state index contributed by atoms with van der Waals surface area (Å²) in [5.74, 6) is 0. The SMILES string of the molecule is CC.CC1(C)C=CC=CC(S(=O)(=O)N2CCCC(NC(=O)OC(C)(C)C)C2)=C1. The number of hydrogen-bond donors (Lipinski definition) is 1. The van der Waals surface area contributed by atoms with E-state index in [4.69, 9.17) is 4.74 Å². The summed E-state index contributed by atoms with van der Waals surface area (Å²) in [5.41, 5.74) is -0.922. The standard InChI is InChI=1S/C19H30N2O4S.C2H6/c1-18(2,3)25-17(22)20-15-9-8-12-21(14-15)26(23,24)16-10-6-7-11-19(4,5)13-16;1-2/h6-7,10-11,13,15H,8-9,12,14H2,1-5H3,(H,20,22);1-2H3. The maximum Gasteiger partial charge on any atom is 0.407 e. The molecule has 0 aromatic heterocycles. The molecule has 160 valence electrons. The van der Waals surface area contributed by atoms with Gasteiger partial charge in [0.05, 0.1) is 4.91 Å². The van der Waals surface area contributed by atoms with Gasteiger partial charge in [0.2, 0.25) is 10.0 Å². The van der Waals surface area contributed by atoms with Crippen LogP contribution in [0.1, 0.15) is 61.3 Å². The molecule has 2 rings (SSSR count). The molecule has 1 heterocycles. The normalized spacial score (nSPS) is 22.4. The Morgan fingerprint density at radius 1 is 1.25 bits per heavy atom. The smallest absolute Gasteiger partial charge is 0.407 e. The molecule has 0 aromatic rings. The lowest BCUT2D eigenvalue weighted by atomic mass is 9.93. The molecule has 1 amide bonds. The molecule has 0 aromatic carbocycles. The van der Waals surface area contributed by atoms with Gasteiger partial charge < -0.3 is 10.1 Å². The fourth-order valence-corrected chi connectivity index (χ4v) is 4.73. The zero-order chi connectivity index (χ0) is 21.6. The highest BCUT2D eigenvalue weighted by atomic mass is 32.2. The Labute approximate surface area is 170 Å². The van der Waals surface area contributed by atoms with E-state index in [-0.39, 0.29) is 18.0 Å². The van der Waals surface area contributed by atoms with Gasteiger partial charge in [0, 0.05) is 24.5 Å². The second-order valence-electron chi connectivity index (χ2n) is 8.43. The van der Waals surface area contributed by atoms with Crippen LogP contribution in [0.2, 0.25) is 0 Å². The van der Waals surface area contributed by atoms with E-state index in [0.717, 1.165) is 6.42 Å². The quantitative estimate of drug-likeness (QED) is 0.747. The van der Waals surface area contributed by atoms with Gasteiger partial charge in [-0.2, -0.15) is 4.31 Å². The van der Waals surface area contributed by atoms with Crippen LogP contribution in [0, 0.1) is 5.41 Å². The molecular weight excluding hydrogens is 376 g/mol. The molecular formula is C21H36N2O4S. The molecule has 1 aliphatic carbocycles. The molecule has 2 aliphatic rings. The van der Waals surface area contributed by atoms with Crippen LogP contribution < -0.4 is 5.32 Å². The van der Waals surface area contributed by atoms with Crippen molar-refractivity contribution in [2.24, 2.45) is 5.41 Å². The first-order valence-corrected chi connectivity index (χ1v) is 11.4. The molecule has 7 heteroatoms. The number of hydrogen-bond acceptors (Lipinski definition) is 4. The van der Waals surface area contributed by atoms with E-state index in [1.165, 1.54) is 4.31 Å². The van der Waals surface area contributed by atoms with Gasteiger partial charge in [-0.1, -0.05) is 52.0 Å². The average molecular weight is 413 g/mol. The Kier molecular flexibility index (Phi) is 8.50. The molecule has 0 spiro atoms. The van der Waals surface area contributed by atoms with E-state index in [1.807, 2.05) is 39.8 Å². The van der Waals surface area contributed by atoms with Gasteiger partial charge in [0.15, 0.2) is 0 Å². The highest BCUT2D eigenvalue weighted by Gasteiger charge is 2.33. The summed E-state index contributed by atoms with van der Waals surface area (Å²) in [5, 5.41) is 2.79. The molecule has 6 nitrogen and oxygen atoms in total. The molecule has 1 atom stereocenters. The van der Waals surface area contributed by atoms with Crippen LogP contribution >= 0.6 is 0 Å². The molecule has 1 saturated heterocycles.